The Hall–Kier alpha value is -1.10. The number of hydrogen-bond acceptors (Lipinski definition) is 4. The zero-order valence-electron chi connectivity index (χ0n) is 9.52. The number of carbonyl (C=O) groups is 2. The van der Waals surface area contributed by atoms with E-state index < -0.39 is 6.10 Å². The van der Waals surface area contributed by atoms with E-state index in [1.165, 1.54) is 4.90 Å². The zero-order chi connectivity index (χ0) is 11.8. The molecule has 88 valence electrons. The third-order valence-corrected chi connectivity index (χ3v) is 1.81. The lowest BCUT2D eigenvalue weighted by Crippen LogP contribution is -2.33. The van der Waals surface area contributed by atoms with E-state index in [0.717, 1.165) is 0 Å². The molecule has 15 heavy (non-hydrogen) atoms. The van der Waals surface area contributed by atoms with E-state index >= 15 is 0 Å². The van der Waals surface area contributed by atoms with Crippen LogP contribution in [0.5, 0.6) is 0 Å². The van der Waals surface area contributed by atoms with Crippen LogP contribution in [-0.2, 0) is 14.3 Å². The van der Waals surface area contributed by atoms with E-state index in [1.807, 2.05) is 0 Å². The summed E-state index contributed by atoms with van der Waals surface area (Å²) in [7, 11) is 1.60. The predicted molar refractivity (Wildman–Crippen MR) is 55.2 cm³/mol. The van der Waals surface area contributed by atoms with Crippen molar-refractivity contribution in [2.45, 2.75) is 32.8 Å². The van der Waals surface area contributed by atoms with Gasteiger partial charge in [-0.1, -0.05) is 0 Å². The summed E-state index contributed by atoms with van der Waals surface area (Å²) in [5.41, 5.74) is 0. The number of rotatable bonds is 6. The summed E-state index contributed by atoms with van der Waals surface area (Å²) in [5.74, 6) is -0.528. The minimum atomic E-state index is -0.554. The van der Waals surface area contributed by atoms with Crippen LogP contribution in [0.25, 0.3) is 0 Å². The smallest absolute Gasteiger partial charge is 0.306 e. The molecule has 5 heteroatoms. The van der Waals surface area contributed by atoms with Crippen molar-refractivity contribution in [3.05, 3.63) is 0 Å². The maximum absolute atomic E-state index is 11.4. The van der Waals surface area contributed by atoms with Gasteiger partial charge in [-0.15, -0.1) is 0 Å². The van der Waals surface area contributed by atoms with Gasteiger partial charge in [0.05, 0.1) is 19.1 Å². The number of nitrogens with zero attached hydrogens (tertiary/aromatic N) is 1. The second-order valence-electron chi connectivity index (χ2n) is 3.43. The summed E-state index contributed by atoms with van der Waals surface area (Å²) in [6, 6.07) is 0. The minimum absolute atomic E-state index is 0.0941. The fourth-order valence-corrected chi connectivity index (χ4v) is 1.13. The quantitative estimate of drug-likeness (QED) is 0.644. The molecule has 1 N–H and O–H groups in total. The average Bonchev–Trinajstić information content (AvgIpc) is 2.13. The molecule has 0 fully saturated rings. The molecule has 1 atom stereocenters. The molecule has 1 amide bonds. The van der Waals surface area contributed by atoms with Crippen LogP contribution in [0.1, 0.15) is 26.7 Å². The van der Waals surface area contributed by atoms with Crippen molar-refractivity contribution in [2.24, 2.45) is 0 Å². The molecule has 0 aromatic heterocycles. The topological polar surface area (TPSA) is 66.8 Å². The number of carbonyl (C=O) groups excluding carboxylic acids is 2. The van der Waals surface area contributed by atoms with Gasteiger partial charge >= 0.3 is 5.97 Å². The Morgan fingerprint density at radius 3 is 2.47 bits per heavy atom. The minimum Gasteiger partial charge on any atom is -0.466 e. The average molecular weight is 217 g/mol. The summed E-state index contributed by atoms with van der Waals surface area (Å²) in [6.45, 7) is 3.94. The molecule has 0 saturated heterocycles. The Kier molecular flexibility index (Phi) is 6.70. The molecule has 0 spiro atoms. The Labute approximate surface area is 90.0 Å². The zero-order valence-corrected chi connectivity index (χ0v) is 9.52. The molecule has 0 heterocycles. The second-order valence-corrected chi connectivity index (χ2v) is 3.43. The first-order chi connectivity index (χ1) is 6.97. The second kappa shape index (κ2) is 7.23. The van der Waals surface area contributed by atoms with Gasteiger partial charge in [0.15, 0.2) is 0 Å². The maximum atomic E-state index is 11.4. The molecule has 0 bridgehead atoms. The number of ether oxygens (including phenoxy) is 1. The summed E-state index contributed by atoms with van der Waals surface area (Å²) < 4.78 is 4.69. The number of esters is 1. The number of aliphatic hydroxyl groups excluding tert-OH is 1. The van der Waals surface area contributed by atoms with Crippen molar-refractivity contribution in [3.63, 3.8) is 0 Å². The lowest BCUT2D eigenvalue weighted by molar-refractivity contribution is -0.145. The van der Waals surface area contributed by atoms with Crippen LogP contribution < -0.4 is 0 Å². The van der Waals surface area contributed by atoms with Crippen LogP contribution in [0.4, 0.5) is 0 Å². The Morgan fingerprint density at radius 1 is 1.40 bits per heavy atom. The highest BCUT2D eigenvalue weighted by molar-refractivity contribution is 5.81. The molecule has 0 aliphatic rings. The van der Waals surface area contributed by atoms with Gasteiger partial charge in [-0.05, 0) is 13.8 Å². The first kappa shape index (κ1) is 13.9. The summed E-state index contributed by atoms with van der Waals surface area (Å²) in [4.78, 5) is 23.8. The van der Waals surface area contributed by atoms with Crippen LogP contribution in [0.15, 0.2) is 0 Å². The summed E-state index contributed by atoms with van der Waals surface area (Å²) >= 11 is 0. The molecule has 0 rings (SSSR count). The van der Waals surface area contributed by atoms with Crippen molar-refractivity contribution in [1.82, 2.24) is 4.90 Å². The van der Waals surface area contributed by atoms with Crippen molar-refractivity contribution >= 4 is 11.9 Å². The molecular formula is C10H19NO4. The lowest BCUT2D eigenvalue weighted by atomic mass is 10.2. The first-order valence-corrected chi connectivity index (χ1v) is 5.05. The molecular weight excluding hydrogens is 198 g/mol. The molecule has 0 aromatic carbocycles. The van der Waals surface area contributed by atoms with Crippen LogP contribution in [0, 0.1) is 0 Å². The number of hydrogen-bond donors (Lipinski definition) is 1. The van der Waals surface area contributed by atoms with Gasteiger partial charge in [0.2, 0.25) is 5.91 Å². The van der Waals surface area contributed by atoms with Crippen molar-refractivity contribution in [1.29, 1.82) is 0 Å². The van der Waals surface area contributed by atoms with E-state index in [1.54, 1.807) is 20.9 Å². The van der Waals surface area contributed by atoms with Gasteiger partial charge < -0.3 is 14.7 Å². The molecule has 0 radical (unpaired) electrons. The summed E-state index contributed by atoms with van der Waals surface area (Å²) in [5, 5.41) is 9.05. The Morgan fingerprint density at radius 2 is 2.00 bits per heavy atom. The Bertz CT molecular complexity index is 215. The van der Waals surface area contributed by atoms with Crippen molar-refractivity contribution < 1.29 is 19.4 Å². The van der Waals surface area contributed by atoms with Crippen molar-refractivity contribution in [2.75, 3.05) is 20.2 Å². The largest absolute Gasteiger partial charge is 0.466 e. The maximum Gasteiger partial charge on any atom is 0.306 e. The third kappa shape index (κ3) is 6.90. The molecule has 0 aliphatic carbocycles. The molecule has 0 aromatic rings. The van der Waals surface area contributed by atoms with Crippen LogP contribution in [-0.4, -0.2) is 48.2 Å². The molecule has 0 saturated carbocycles. The molecule has 0 aliphatic heterocycles. The monoisotopic (exact) mass is 217 g/mol. The van der Waals surface area contributed by atoms with E-state index in [4.69, 9.17) is 9.84 Å². The van der Waals surface area contributed by atoms with E-state index in [2.05, 4.69) is 0 Å². The van der Waals surface area contributed by atoms with Crippen LogP contribution in [0.3, 0.4) is 0 Å². The lowest BCUT2D eigenvalue weighted by Gasteiger charge is -2.18. The summed E-state index contributed by atoms with van der Waals surface area (Å²) in [6.07, 6.45) is -0.333. The van der Waals surface area contributed by atoms with Gasteiger partial charge in [-0.2, -0.15) is 0 Å². The Balaban J connectivity index is 3.78. The van der Waals surface area contributed by atoms with E-state index in [9.17, 15) is 9.59 Å². The van der Waals surface area contributed by atoms with E-state index in [-0.39, 0.29) is 31.3 Å². The number of likely N-dealkylation sites (N-methyl/N-ethyl adjacent to an activating group) is 1. The molecule has 1 unspecified atom stereocenters. The van der Waals surface area contributed by atoms with Crippen molar-refractivity contribution in [3.8, 4) is 0 Å². The van der Waals surface area contributed by atoms with E-state index in [0.29, 0.717) is 6.61 Å². The molecule has 5 nitrogen and oxygen atoms in total. The fraction of sp³-hybridized carbons (Fsp3) is 0.800. The standard InChI is InChI=1S/C10H19NO4/c1-4-15-10(14)6-5-9(13)11(3)7-8(2)12/h8,12H,4-7H2,1-3H3. The normalized spacial score (nSPS) is 12.0. The van der Waals surface area contributed by atoms with Crippen LogP contribution in [0.2, 0.25) is 0 Å². The number of amides is 1. The van der Waals surface area contributed by atoms with Gasteiger partial charge in [0.25, 0.3) is 0 Å². The number of aliphatic hydroxyl groups is 1. The van der Waals surface area contributed by atoms with Crippen LogP contribution >= 0.6 is 0 Å². The highest BCUT2D eigenvalue weighted by Gasteiger charge is 2.13. The van der Waals surface area contributed by atoms with Gasteiger partial charge in [0, 0.05) is 20.0 Å². The highest BCUT2D eigenvalue weighted by Crippen LogP contribution is 1.99. The van der Waals surface area contributed by atoms with Gasteiger partial charge in [-0.25, -0.2) is 0 Å². The fourth-order valence-electron chi connectivity index (χ4n) is 1.13. The SMILES string of the molecule is CCOC(=O)CCC(=O)N(C)CC(C)O. The van der Waals surface area contributed by atoms with Gasteiger partial charge in [0.1, 0.15) is 0 Å². The third-order valence-electron chi connectivity index (χ3n) is 1.81. The predicted octanol–water partition coefficient (Wildman–Crippen LogP) is 0.169. The first-order valence-electron chi connectivity index (χ1n) is 5.05. The van der Waals surface area contributed by atoms with Gasteiger partial charge in [-0.3, -0.25) is 9.59 Å². The highest BCUT2D eigenvalue weighted by atomic mass is 16.5.